The lowest BCUT2D eigenvalue weighted by Crippen LogP contribution is -2.52. The third-order valence-electron chi connectivity index (χ3n) is 9.05. The minimum atomic E-state index is -0.596. The second-order valence-electron chi connectivity index (χ2n) is 13.9. The number of nitrogens with one attached hydrogen (secondary N) is 2. The summed E-state index contributed by atoms with van der Waals surface area (Å²) >= 11 is 1.73. The third kappa shape index (κ3) is 8.65. The van der Waals surface area contributed by atoms with Crippen LogP contribution in [0.4, 0.5) is 4.79 Å². The smallest absolute Gasteiger partial charge is 0.407 e. The largest absolute Gasteiger partial charge is 0.490 e. The normalized spacial score (nSPS) is 21.8. The molecule has 6 rings (SSSR count). The van der Waals surface area contributed by atoms with Gasteiger partial charge in [-0.25, -0.2) is 9.10 Å². The number of hydrogen-bond acceptors (Lipinski definition) is 9. The number of rotatable bonds is 8. The molecule has 3 fully saturated rings. The highest BCUT2D eigenvalue weighted by Gasteiger charge is 2.39. The Bertz CT molecular complexity index is 1500. The summed E-state index contributed by atoms with van der Waals surface area (Å²) in [5.74, 6) is 0.0840. The van der Waals surface area contributed by atoms with E-state index in [1.54, 1.807) is 16.8 Å². The maximum absolute atomic E-state index is 13.0. The summed E-state index contributed by atoms with van der Waals surface area (Å²) in [5, 5.41) is 5.36. The monoisotopic (exact) mass is 663 g/mol. The van der Waals surface area contributed by atoms with E-state index in [4.69, 9.17) is 9.47 Å². The Morgan fingerprint density at radius 2 is 1.74 bits per heavy atom. The minimum Gasteiger partial charge on any atom is -0.490 e. The molecule has 47 heavy (non-hydrogen) atoms. The molecule has 4 amide bonds. The average molecular weight is 664 g/mol. The molecule has 12 heteroatoms. The standard InChI is InChI=1S/C35H45N5O6S/c1-35(2,3)46-34(44)36-25-11-17-39(18-12-25)47-28-6-4-5-27(20-28)45-26-13-15-38(16-14-26)21-23-7-8-29-24(19-23)22-40(33(29)43)30-9-10-31(41)37-32(30)42/h4-8,19-20,25-26,30H,9-18,21-22H2,1-3H3,(H,36,44)(H,37,41,42). The van der Waals surface area contributed by atoms with Crippen molar-refractivity contribution in [2.75, 3.05) is 26.2 Å². The molecular weight excluding hydrogens is 618 g/mol. The van der Waals surface area contributed by atoms with Crippen LogP contribution in [0.25, 0.3) is 0 Å². The van der Waals surface area contributed by atoms with Crippen LogP contribution in [0.2, 0.25) is 0 Å². The summed E-state index contributed by atoms with van der Waals surface area (Å²) in [6.07, 6.45) is 4.05. The van der Waals surface area contributed by atoms with Crippen LogP contribution in [0.1, 0.15) is 80.8 Å². The van der Waals surface area contributed by atoms with Gasteiger partial charge in [-0.2, -0.15) is 0 Å². The zero-order chi connectivity index (χ0) is 33.1. The highest BCUT2D eigenvalue weighted by Crippen LogP contribution is 2.31. The Morgan fingerprint density at radius 1 is 0.979 bits per heavy atom. The van der Waals surface area contributed by atoms with E-state index in [-0.39, 0.29) is 42.4 Å². The van der Waals surface area contributed by atoms with Gasteiger partial charge in [0, 0.05) is 62.2 Å². The molecule has 3 saturated heterocycles. The molecule has 252 valence electrons. The molecule has 0 aliphatic carbocycles. The molecule has 4 aliphatic heterocycles. The van der Waals surface area contributed by atoms with Gasteiger partial charge in [0.05, 0.1) is 0 Å². The lowest BCUT2D eigenvalue weighted by atomic mass is 10.0. The van der Waals surface area contributed by atoms with Crippen molar-refractivity contribution in [2.45, 2.75) is 101 Å². The topological polar surface area (TPSA) is 121 Å². The molecule has 0 aromatic heterocycles. The van der Waals surface area contributed by atoms with E-state index in [2.05, 4.69) is 38.0 Å². The van der Waals surface area contributed by atoms with Crippen LogP contribution in [0, 0.1) is 0 Å². The number of fused-ring (bicyclic) bond motifs is 1. The number of imide groups is 1. The first-order valence-corrected chi connectivity index (χ1v) is 17.4. The highest BCUT2D eigenvalue weighted by molar-refractivity contribution is 7.97. The van der Waals surface area contributed by atoms with Gasteiger partial charge in [-0.3, -0.25) is 24.6 Å². The summed E-state index contributed by atoms with van der Waals surface area (Å²) in [4.78, 5) is 54.2. The van der Waals surface area contributed by atoms with E-state index in [0.29, 0.717) is 18.5 Å². The van der Waals surface area contributed by atoms with Gasteiger partial charge in [0.25, 0.3) is 5.91 Å². The second kappa shape index (κ2) is 14.2. The van der Waals surface area contributed by atoms with Crippen LogP contribution in [-0.2, 0) is 27.4 Å². The van der Waals surface area contributed by atoms with Crippen molar-refractivity contribution in [3.63, 3.8) is 0 Å². The van der Waals surface area contributed by atoms with Gasteiger partial charge in [0.1, 0.15) is 23.5 Å². The van der Waals surface area contributed by atoms with Crippen LogP contribution >= 0.6 is 11.9 Å². The Hall–Kier alpha value is -3.61. The molecule has 0 saturated carbocycles. The zero-order valence-electron chi connectivity index (χ0n) is 27.5. The number of likely N-dealkylation sites (tertiary alicyclic amines) is 1. The number of piperidine rings is 3. The summed E-state index contributed by atoms with van der Waals surface area (Å²) in [5.41, 5.74) is 2.24. The fourth-order valence-corrected chi connectivity index (χ4v) is 7.68. The van der Waals surface area contributed by atoms with E-state index in [9.17, 15) is 19.2 Å². The fraction of sp³-hybridized carbons (Fsp3) is 0.543. The van der Waals surface area contributed by atoms with Crippen LogP contribution in [0.5, 0.6) is 5.75 Å². The van der Waals surface area contributed by atoms with Gasteiger partial charge in [-0.1, -0.05) is 18.2 Å². The lowest BCUT2D eigenvalue weighted by Gasteiger charge is -2.33. The number of carbonyl (C=O) groups excluding carboxylic acids is 4. The Balaban J connectivity index is 0.936. The molecule has 4 heterocycles. The van der Waals surface area contributed by atoms with Gasteiger partial charge in [-0.15, -0.1) is 0 Å². The van der Waals surface area contributed by atoms with Gasteiger partial charge in [0.15, 0.2) is 0 Å². The van der Waals surface area contributed by atoms with E-state index >= 15 is 0 Å². The van der Waals surface area contributed by atoms with Gasteiger partial charge < -0.3 is 19.7 Å². The van der Waals surface area contributed by atoms with E-state index in [1.807, 2.05) is 45.0 Å². The predicted molar refractivity (Wildman–Crippen MR) is 178 cm³/mol. The molecule has 0 bridgehead atoms. The number of benzene rings is 2. The van der Waals surface area contributed by atoms with Crippen molar-refractivity contribution in [3.8, 4) is 5.75 Å². The first kappa shape index (κ1) is 33.3. The molecule has 1 unspecified atom stereocenters. The number of amides is 4. The summed E-state index contributed by atoms with van der Waals surface area (Å²) in [7, 11) is 0. The van der Waals surface area contributed by atoms with Crippen molar-refractivity contribution in [2.24, 2.45) is 0 Å². The van der Waals surface area contributed by atoms with E-state index < -0.39 is 11.6 Å². The molecule has 2 aromatic rings. The maximum atomic E-state index is 13.0. The number of hydrogen-bond donors (Lipinski definition) is 2. The Kier molecular flexibility index (Phi) is 10.1. The number of nitrogens with zero attached hydrogens (tertiary/aromatic N) is 3. The second-order valence-corrected chi connectivity index (χ2v) is 15.1. The molecule has 2 N–H and O–H groups in total. The van der Waals surface area contributed by atoms with Crippen molar-refractivity contribution >= 4 is 35.8 Å². The first-order chi connectivity index (χ1) is 22.5. The molecule has 0 radical (unpaired) electrons. The highest BCUT2D eigenvalue weighted by atomic mass is 32.2. The van der Waals surface area contributed by atoms with Gasteiger partial charge >= 0.3 is 6.09 Å². The fourth-order valence-electron chi connectivity index (χ4n) is 6.68. The molecular formula is C35H45N5O6S. The van der Waals surface area contributed by atoms with Crippen molar-refractivity contribution in [1.29, 1.82) is 0 Å². The average Bonchev–Trinajstić information content (AvgIpc) is 3.33. The van der Waals surface area contributed by atoms with Crippen LogP contribution in [0.3, 0.4) is 0 Å². The molecule has 1 atom stereocenters. The quantitative estimate of drug-likeness (QED) is 0.311. The van der Waals surface area contributed by atoms with Crippen molar-refractivity contribution in [1.82, 2.24) is 24.7 Å². The molecule has 11 nitrogen and oxygen atoms in total. The van der Waals surface area contributed by atoms with E-state index in [0.717, 1.165) is 80.2 Å². The summed E-state index contributed by atoms with van der Waals surface area (Å²) < 4.78 is 14.2. The number of ether oxygens (including phenoxy) is 2. The van der Waals surface area contributed by atoms with E-state index in [1.165, 1.54) is 0 Å². The molecule has 4 aliphatic rings. The van der Waals surface area contributed by atoms with Gasteiger partial charge in [0.2, 0.25) is 11.8 Å². The van der Waals surface area contributed by atoms with Crippen LogP contribution in [0.15, 0.2) is 47.4 Å². The maximum Gasteiger partial charge on any atom is 0.407 e. The van der Waals surface area contributed by atoms with Gasteiger partial charge in [-0.05, 0) is 100 Å². The lowest BCUT2D eigenvalue weighted by molar-refractivity contribution is -0.136. The summed E-state index contributed by atoms with van der Waals surface area (Å²) in [6, 6.07) is 13.8. The number of alkyl carbamates (subject to hydrolysis) is 1. The van der Waals surface area contributed by atoms with Crippen LogP contribution < -0.4 is 15.4 Å². The predicted octanol–water partition coefficient (Wildman–Crippen LogP) is 4.49. The van der Waals surface area contributed by atoms with Crippen molar-refractivity contribution in [3.05, 3.63) is 59.2 Å². The van der Waals surface area contributed by atoms with Crippen molar-refractivity contribution < 1.29 is 28.7 Å². The van der Waals surface area contributed by atoms with Crippen LogP contribution in [-0.4, -0.2) is 87.9 Å². The SMILES string of the molecule is CC(C)(C)OC(=O)NC1CCN(Sc2cccc(OC3CCN(Cc4ccc5c(c4)CN(C4CCC(=O)NC4=O)C5=O)CC3)c2)CC1. The first-order valence-electron chi connectivity index (χ1n) is 16.7. The third-order valence-corrected chi connectivity index (χ3v) is 10.1. The Labute approximate surface area is 280 Å². The zero-order valence-corrected chi connectivity index (χ0v) is 28.3. The summed E-state index contributed by atoms with van der Waals surface area (Å²) in [6.45, 7) is 10.4. The minimum absolute atomic E-state index is 0.129. The number of carbonyl (C=O) groups is 4. The molecule has 0 spiro atoms. The molecule has 2 aromatic carbocycles. The Morgan fingerprint density at radius 3 is 2.47 bits per heavy atom.